The number of benzene rings is 1. The lowest BCUT2D eigenvalue weighted by Crippen LogP contribution is -2.43. The SMILES string of the molecule is CC(=O)NC(CSC(=O)CCCC=CC[C@@H]1[C@@H](C=C[C@@H](O)COc2cccc(Cl)c2)[C@H](O)C[C@@H]1O)C(=O)OCCCCO[N+](=O)[O-]. The number of halogens is 1. The quantitative estimate of drug-likeness (QED) is 0.0485. The summed E-state index contributed by atoms with van der Waals surface area (Å²) in [6.45, 7) is 1.14. The molecule has 1 unspecified atom stereocenters. The molecule has 256 valence electrons. The number of hydrogen-bond acceptors (Lipinski definition) is 12. The average molecular weight is 687 g/mol. The minimum atomic E-state index is -1.01. The van der Waals surface area contributed by atoms with Crippen LogP contribution in [0.25, 0.3) is 0 Å². The molecule has 1 aromatic rings. The van der Waals surface area contributed by atoms with Gasteiger partial charge in [0.1, 0.15) is 24.5 Å². The molecule has 0 aromatic heterocycles. The maximum Gasteiger partial charge on any atom is 0.329 e. The standard InChI is InChI=1S/C31H43ClN2O11S/c1-21(35)33-27(31(40)43-15-6-7-16-45-34(41)42)20-46-30(39)12-5-3-2-4-11-25-26(29(38)18-28(25)37)14-13-23(36)19-44-24-10-8-9-22(32)17-24/h2,4,8-10,13-14,17,23,25-29,36-38H,3,5-7,11-12,15-16,18-20H2,1H3,(H,33,35)/t23-,25-,26-,27?,28+,29-/m1/s1. The summed E-state index contributed by atoms with van der Waals surface area (Å²) in [4.78, 5) is 50.5. The van der Waals surface area contributed by atoms with Gasteiger partial charge in [-0.2, -0.15) is 0 Å². The Morgan fingerprint density at radius 2 is 1.93 bits per heavy atom. The van der Waals surface area contributed by atoms with Gasteiger partial charge in [-0.25, -0.2) is 4.79 Å². The van der Waals surface area contributed by atoms with E-state index >= 15 is 0 Å². The Hall–Kier alpha value is -3.17. The van der Waals surface area contributed by atoms with Crippen molar-refractivity contribution in [1.82, 2.24) is 5.32 Å². The first-order valence-corrected chi connectivity index (χ1v) is 16.4. The zero-order valence-corrected chi connectivity index (χ0v) is 27.3. The van der Waals surface area contributed by atoms with E-state index in [1.165, 1.54) is 6.92 Å². The van der Waals surface area contributed by atoms with E-state index in [1.807, 2.05) is 12.2 Å². The Morgan fingerprint density at radius 1 is 1.17 bits per heavy atom. The molecular weight excluding hydrogens is 644 g/mol. The summed E-state index contributed by atoms with van der Waals surface area (Å²) in [6, 6.07) is 5.83. The number of carbonyl (C=O) groups excluding carboxylic acids is 3. The van der Waals surface area contributed by atoms with Gasteiger partial charge in [-0.1, -0.05) is 53.7 Å². The molecule has 1 saturated carbocycles. The van der Waals surface area contributed by atoms with Gasteiger partial charge >= 0.3 is 5.97 Å². The molecule has 1 aromatic carbocycles. The van der Waals surface area contributed by atoms with Gasteiger partial charge in [0.05, 0.1) is 25.4 Å². The Labute approximate surface area is 277 Å². The lowest BCUT2D eigenvalue weighted by molar-refractivity contribution is -0.757. The largest absolute Gasteiger partial charge is 0.491 e. The van der Waals surface area contributed by atoms with Crippen LogP contribution in [0.2, 0.25) is 5.02 Å². The number of allylic oxidation sites excluding steroid dienone is 2. The van der Waals surface area contributed by atoms with Crippen LogP contribution in [-0.4, -0.2) is 87.3 Å². The monoisotopic (exact) mass is 686 g/mol. The summed E-state index contributed by atoms with van der Waals surface area (Å²) >= 11 is 6.87. The molecule has 0 spiro atoms. The summed E-state index contributed by atoms with van der Waals surface area (Å²) < 4.78 is 10.7. The van der Waals surface area contributed by atoms with Crippen LogP contribution in [0, 0.1) is 22.0 Å². The van der Waals surface area contributed by atoms with Crippen LogP contribution >= 0.6 is 23.4 Å². The molecule has 2 rings (SSSR count). The molecule has 1 amide bonds. The predicted octanol–water partition coefficient (Wildman–Crippen LogP) is 3.41. The van der Waals surface area contributed by atoms with Crippen molar-refractivity contribution in [1.29, 1.82) is 0 Å². The van der Waals surface area contributed by atoms with Crippen LogP contribution < -0.4 is 10.1 Å². The van der Waals surface area contributed by atoms with E-state index in [9.17, 15) is 39.8 Å². The van der Waals surface area contributed by atoms with Crippen molar-refractivity contribution in [2.75, 3.05) is 25.6 Å². The van der Waals surface area contributed by atoms with Crippen LogP contribution in [0.15, 0.2) is 48.6 Å². The second-order valence-corrected chi connectivity index (χ2v) is 12.3. The van der Waals surface area contributed by atoms with Gasteiger partial charge in [0.15, 0.2) is 5.12 Å². The zero-order chi connectivity index (χ0) is 33.9. The number of thioether (sulfide) groups is 1. The van der Waals surface area contributed by atoms with Crippen molar-refractivity contribution in [3.8, 4) is 5.75 Å². The fourth-order valence-corrected chi connectivity index (χ4v) is 5.81. The third kappa shape index (κ3) is 15.9. The summed E-state index contributed by atoms with van der Waals surface area (Å²) in [7, 11) is 0. The molecule has 0 saturated heterocycles. The Kier molecular flexibility index (Phi) is 18.3. The number of nitrogens with one attached hydrogen (secondary N) is 1. The number of aliphatic hydroxyl groups excluding tert-OH is 3. The minimum Gasteiger partial charge on any atom is -0.491 e. The number of aliphatic hydroxyl groups is 3. The molecule has 6 atom stereocenters. The van der Waals surface area contributed by atoms with Gasteiger partial charge in [-0.3, -0.25) is 9.59 Å². The molecule has 0 aliphatic heterocycles. The summed E-state index contributed by atoms with van der Waals surface area (Å²) in [5, 5.41) is 43.3. The Morgan fingerprint density at radius 3 is 2.65 bits per heavy atom. The summed E-state index contributed by atoms with van der Waals surface area (Å²) in [5.41, 5.74) is 0. The lowest BCUT2D eigenvalue weighted by Gasteiger charge is -2.19. The van der Waals surface area contributed by atoms with Crippen molar-refractivity contribution in [3.63, 3.8) is 0 Å². The van der Waals surface area contributed by atoms with Crippen molar-refractivity contribution >= 4 is 40.4 Å². The predicted molar refractivity (Wildman–Crippen MR) is 172 cm³/mol. The summed E-state index contributed by atoms with van der Waals surface area (Å²) in [5.74, 6) is -1.18. The van der Waals surface area contributed by atoms with Crippen molar-refractivity contribution in [2.45, 2.75) is 76.2 Å². The number of esters is 1. The fourth-order valence-electron chi connectivity index (χ4n) is 4.77. The lowest BCUT2D eigenvalue weighted by atomic mass is 9.89. The topological polar surface area (TPSA) is 195 Å². The molecule has 4 N–H and O–H groups in total. The third-order valence-corrected chi connectivity index (χ3v) is 8.33. The average Bonchev–Trinajstić information content (AvgIpc) is 3.27. The number of ether oxygens (including phenoxy) is 2. The van der Waals surface area contributed by atoms with Crippen LogP contribution in [0.4, 0.5) is 0 Å². The maximum absolute atomic E-state index is 12.4. The highest BCUT2D eigenvalue weighted by Gasteiger charge is 2.39. The van der Waals surface area contributed by atoms with Crippen molar-refractivity contribution < 1.29 is 49.1 Å². The second-order valence-electron chi connectivity index (χ2n) is 10.8. The number of unbranched alkanes of at least 4 members (excludes halogenated alkanes) is 2. The molecule has 0 heterocycles. The van der Waals surface area contributed by atoms with Crippen LogP contribution in [-0.2, 0) is 24.0 Å². The van der Waals surface area contributed by atoms with Crippen molar-refractivity contribution in [2.24, 2.45) is 11.8 Å². The number of rotatable bonds is 21. The van der Waals surface area contributed by atoms with Crippen LogP contribution in [0.5, 0.6) is 5.75 Å². The molecule has 0 radical (unpaired) electrons. The van der Waals surface area contributed by atoms with E-state index in [-0.39, 0.29) is 55.4 Å². The normalized spacial score (nSPS) is 20.8. The minimum absolute atomic E-state index is 0.00342. The molecule has 1 aliphatic rings. The van der Waals surface area contributed by atoms with Crippen LogP contribution in [0.1, 0.15) is 51.9 Å². The van der Waals surface area contributed by atoms with E-state index in [4.69, 9.17) is 21.1 Å². The fraction of sp³-hybridized carbons (Fsp3) is 0.581. The molecule has 13 nitrogen and oxygen atoms in total. The first-order valence-electron chi connectivity index (χ1n) is 15.1. The van der Waals surface area contributed by atoms with Gasteiger partial charge in [0.2, 0.25) is 5.91 Å². The molecule has 0 bridgehead atoms. The first-order chi connectivity index (χ1) is 22.0. The van der Waals surface area contributed by atoms with Crippen molar-refractivity contribution in [3.05, 3.63) is 63.7 Å². The van der Waals surface area contributed by atoms with Gasteiger partial charge in [-0.05, 0) is 56.2 Å². The first kappa shape index (κ1) is 39.0. The highest BCUT2D eigenvalue weighted by molar-refractivity contribution is 8.13. The van der Waals surface area contributed by atoms with E-state index in [0.29, 0.717) is 42.9 Å². The highest BCUT2D eigenvalue weighted by Crippen LogP contribution is 2.36. The smallest absolute Gasteiger partial charge is 0.329 e. The van der Waals surface area contributed by atoms with E-state index in [0.717, 1.165) is 11.8 Å². The number of amides is 1. The molecule has 1 fully saturated rings. The maximum atomic E-state index is 12.4. The van der Waals surface area contributed by atoms with Gasteiger partial charge in [-0.15, -0.1) is 10.1 Å². The zero-order valence-electron chi connectivity index (χ0n) is 25.7. The molecular formula is C31H43ClN2O11S. The number of nitrogens with zero attached hydrogens (tertiary/aromatic N) is 1. The number of hydrogen-bond donors (Lipinski definition) is 4. The van der Waals surface area contributed by atoms with Gasteiger partial charge < -0.3 is 34.9 Å². The van der Waals surface area contributed by atoms with E-state index in [2.05, 4.69) is 10.2 Å². The second kappa shape index (κ2) is 21.6. The van der Waals surface area contributed by atoms with Gasteiger partial charge in [0.25, 0.3) is 5.09 Å². The molecule has 46 heavy (non-hydrogen) atoms. The van der Waals surface area contributed by atoms with Crippen LogP contribution in [0.3, 0.4) is 0 Å². The third-order valence-electron chi connectivity index (χ3n) is 7.07. The highest BCUT2D eigenvalue weighted by atomic mass is 35.5. The molecule has 1 aliphatic carbocycles. The van der Waals surface area contributed by atoms with Gasteiger partial charge in [0, 0.05) is 36.5 Å². The Balaban J connectivity index is 1.70. The number of carbonyl (C=O) groups is 3. The summed E-state index contributed by atoms with van der Waals surface area (Å²) in [6.07, 6.45) is 7.57. The Bertz CT molecular complexity index is 1180. The van der Waals surface area contributed by atoms with E-state index in [1.54, 1.807) is 36.4 Å². The van der Waals surface area contributed by atoms with E-state index < -0.39 is 41.3 Å². The molecule has 15 heteroatoms.